The number of hydrogen-bond donors (Lipinski definition) is 0. The van der Waals surface area contributed by atoms with E-state index in [2.05, 4.69) is 4.99 Å². The molecular weight excluding hydrogens is 429 g/mol. The summed E-state index contributed by atoms with van der Waals surface area (Å²) in [5.41, 5.74) is 0.724. The molecule has 1 saturated heterocycles. The molecule has 2 aromatic rings. The van der Waals surface area contributed by atoms with Gasteiger partial charge in [-0.25, -0.2) is 12.8 Å². The molecule has 1 aromatic carbocycles. The lowest BCUT2D eigenvalue weighted by molar-refractivity contribution is -0.131. The Morgan fingerprint density at radius 1 is 1.20 bits per heavy atom. The molecule has 0 spiro atoms. The molecule has 10 heteroatoms. The Morgan fingerprint density at radius 2 is 1.87 bits per heavy atom. The van der Waals surface area contributed by atoms with E-state index in [1.54, 1.807) is 15.5 Å². The Morgan fingerprint density at radius 3 is 2.50 bits per heavy atom. The van der Waals surface area contributed by atoms with Crippen molar-refractivity contribution in [3.8, 4) is 0 Å². The smallest absolute Gasteiger partial charge is 0.263 e. The number of hydrogen-bond acceptors (Lipinski definition) is 5. The van der Waals surface area contributed by atoms with Crippen LogP contribution in [0, 0.1) is 17.7 Å². The van der Waals surface area contributed by atoms with Crippen molar-refractivity contribution in [1.29, 1.82) is 0 Å². The number of benzene rings is 1. The molecule has 30 heavy (non-hydrogen) atoms. The Balaban J connectivity index is 1.75. The average Bonchev–Trinajstić information content (AvgIpc) is 2.95. The number of carbonyl (C=O) groups is 2. The van der Waals surface area contributed by atoms with E-state index in [9.17, 15) is 22.4 Å². The van der Waals surface area contributed by atoms with Crippen LogP contribution in [0.25, 0.3) is 10.2 Å². The van der Waals surface area contributed by atoms with E-state index < -0.39 is 39.0 Å². The van der Waals surface area contributed by atoms with E-state index in [4.69, 9.17) is 0 Å². The van der Waals surface area contributed by atoms with E-state index in [0.717, 1.165) is 23.3 Å². The monoisotopic (exact) mass is 455 g/mol. The standard InChI is InChI=1S/C20H26FN3O4S2/c1-4-24-16-6-5-15(21)8-17(16)29-20(24)22-18(25)11-30(27,28)12-19(26)23-9-13(2)7-14(3)10-23/h5-6,8,13-14H,4,7,9-12H2,1-3H3. The fourth-order valence-corrected chi connectivity index (χ4v) is 6.20. The van der Waals surface area contributed by atoms with Crippen molar-refractivity contribution in [1.82, 2.24) is 9.47 Å². The molecule has 0 bridgehead atoms. The first-order chi connectivity index (χ1) is 14.1. The predicted molar refractivity (Wildman–Crippen MR) is 114 cm³/mol. The van der Waals surface area contributed by atoms with E-state index in [-0.39, 0.29) is 0 Å². The molecule has 1 fully saturated rings. The summed E-state index contributed by atoms with van der Waals surface area (Å²) >= 11 is 1.12. The maximum atomic E-state index is 13.5. The Bertz CT molecular complexity index is 1130. The number of fused-ring (bicyclic) bond motifs is 1. The molecule has 2 heterocycles. The molecule has 1 aliphatic rings. The zero-order valence-corrected chi connectivity index (χ0v) is 18.9. The van der Waals surface area contributed by atoms with Crippen molar-refractivity contribution in [3.63, 3.8) is 0 Å². The zero-order valence-electron chi connectivity index (χ0n) is 17.3. The van der Waals surface area contributed by atoms with Gasteiger partial charge in [-0.2, -0.15) is 4.99 Å². The summed E-state index contributed by atoms with van der Waals surface area (Å²) in [6, 6.07) is 4.28. The van der Waals surface area contributed by atoms with E-state index in [1.165, 1.54) is 12.1 Å². The number of aryl methyl sites for hydroxylation is 1. The van der Waals surface area contributed by atoms with Crippen LogP contribution in [0.2, 0.25) is 0 Å². The number of carbonyl (C=O) groups excluding carboxylic acids is 2. The normalized spacial score (nSPS) is 20.7. The predicted octanol–water partition coefficient (Wildman–Crippen LogP) is 2.21. The average molecular weight is 456 g/mol. The first kappa shape index (κ1) is 22.6. The third-order valence-electron chi connectivity index (χ3n) is 5.09. The van der Waals surface area contributed by atoms with Crippen molar-refractivity contribution in [2.75, 3.05) is 24.6 Å². The largest absolute Gasteiger partial charge is 0.341 e. The van der Waals surface area contributed by atoms with Gasteiger partial charge in [0.05, 0.1) is 10.2 Å². The van der Waals surface area contributed by atoms with E-state index >= 15 is 0 Å². The minimum absolute atomic E-state index is 0.309. The number of halogens is 1. The number of sulfone groups is 1. The van der Waals surface area contributed by atoms with Crippen molar-refractivity contribution in [2.24, 2.45) is 16.8 Å². The van der Waals surface area contributed by atoms with Crippen LogP contribution in [0.4, 0.5) is 4.39 Å². The number of rotatable bonds is 5. The van der Waals surface area contributed by atoms with Gasteiger partial charge in [0.2, 0.25) is 5.91 Å². The lowest BCUT2D eigenvalue weighted by Crippen LogP contribution is -2.45. The summed E-state index contributed by atoms with van der Waals surface area (Å²) in [7, 11) is -3.94. The fourth-order valence-electron chi connectivity index (χ4n) is 3.96. The van der Waals surface area contributed by atoms with Crippen LogP contribution in [-0.2, 0) is 26.0 Å². The first-order valence-electron chi connectivity index (χ1n) is 9.92. The molecule has 164 valence electrons. The summed E-state index contributed by atoms with van der Waals surface area (Å²) in [6.07, 6.45) is 1.00. The van der Waals surface area contributed by atoms with Gasteiger partial charge in [-0.15, -0.1) is 0 Å². The summed E-state index contributed by atoms with van der Waals surface area (Å²) in [4.78, 5) is 30.6. The maximum Gasteiger partial charge on any atom is 0.263 e. The molecule has 2 unspecified atom stereocenters. The van der Waals surface area contributed by atoms with Gasteiger partial charge in [0, 0.05) is 19.6 Å². The highest BCUT2D eigenvalue weighted by molar-refractivity contribution is 7.92. The number of nitrogens with zero attached hydrogens (tertiary/aromatic N) is 3. The Hall–Kier alpha value is -2.07. The van der Waals surface area contributed by atoms with Gasteiger partial charge in [-0.05, 0) is 43.4 Å². The molecular formula is C20H26FN3O4S2. The van der Waals surface area contributed by atoms with Gasteiger partial charge in [0.15, 0.2) is 14.6 Å². The molecule has 3 rings (SSSR count). The first-order valence-corrected chi connectivity index (χ1v) is 12.6. The molecule has 1 aromatic heterocycles. The number of amides is 2. The number of aromatic nitrogens is 1. The van der Waals surface area contributed by atoms with Crippen molar-refractivity contribution in [2.45, 2.75) is 33.7 Å². The SMILES string of the molecule is CCn1c(=NC(=O)CS(=O)(=O)CC(=O)N2CC(C)CC(C)C2)sc2cc(F)ccc21. The lowest BCUT2D eigenvalue weighted by atomic mass is 9.92. The van der Waals surface area contributed by atoms with Gasteiger partial charge >= 0.3 is 0 Å². The van der Waals surface area contributed by atoms with Gasteiger partial charge in [0.1, 0.15) is 17.3 Å². The Kier molecular flexibility index (Phi) is 6.76. The minimum atomic E-state index is -3.94. The second-order valence-electron chi connectivity index (χ2n) is 8.02. The highest BCUT2D eigenvalue weighted by atomic mass is 32.2. The zero-order chi connectivity index (χ0) is 22.1. The molecule has 0 radical (unpaired) electrons. The van der Waals surface area contributed by atoms with Crippen LogP contribution in [0.15, 0.2) is 23.2 Å². The maximum absolute atomic E-state index is 13.5. The van der Waals surface area contributed by atoms with Crippen molar-refractivity contribution < 1.29 is 22.4 Å². The molecule has 0 N–H and O–H groups in total. The second-order valence-corrected chi connectivity index (χ2v) is 11.1. The summed E-state index contributed by atoms with van der Waals surface area (Å²) in [6.45, 7) is 7.49. The highest BCUT2D eigenvalue weighted by Crippen LogP contribution is 2.21. The number of thiazole rings is 1. The molecule has 0 aliphatic carbocycles. The van der Waals surface area contributed by atoms with Gasteiger partial charge in [-0.1, -0.05) is 25.2 Å². The topological polar surface area (TPSA) is 88.8 Å². The van der Waals surface area contributed by atoms with Crippen LogP contribution in [0.5, 0.6) is 0 Å². The Labute approximate surface area is 179 Å². The third-order valence-corrected chi connectivity index (χ3v) is 7.50. The highest BCUT2D eigenvalue weighted by Gasteiger charge is 2.29. The molecule has 0 saturated carbocycles. The molecule has 2 atom stereocenters. The fraction of sp³-hybridized carbons (Fsp3) is 0.550. The van der Waals surface area contributed by atoms with Crippen LogP contribution in [-0.4, -0.2) is 54.3 Å². The molecule has 7 nitrogen and oxygen atoms in total. The van der Waals surface area contributed by atoms with E-state index in [0.29, 0.717) is 41.0 Å². The number of likely N-dealkylation sites (tertiary alicyclic amines) is 1. The van der Waals surface area contributed by atoms with Gasteiger partial charge < -0.3 is 9.47 Å². The van der Waals surface area contributed by atoms with Crippen LogP contribution in [0.1, 0.15) is 27.2 Å². The number of piperidine rings is 1. The molecule has 1 aliphatic heterocycles. The summed E-state index contributed by atoms with van der Waals surface area (Å²) in [5, 5.41) is 0. The van der Waals surface area contributed by atoms with Crippen LogP contribution in [0.3, 0.4) is 0 Å². The summed E-state index contributed by atoms with van der Waals surface area (Å²) in [5.74, 6) is -2.59. The van der Waals surface area contributed by atoms with Crippen LogP contribution < -0.4 is 4.80 Å². The summed E-state index contributed by atoms with van der Waals surface area (Å²) < 4.78 is 40.7. The molecule has 2 amide bonds. The quantitative estimate of drug-likeness (QED) is 0.692. The van der Waals surface area contributed by atoms with Crippen LogP contribution >= 0.6 is 11.3 Å². The van der Waals surface area contributed by atoms with Gasteiger partial charge in [0.25, 0.3) is 5.91 Å². The third kappa shape index (κ3) is 5.34. The second kappa shape index (κ2) is 8.97. The van der Waals surface area contributed by atoms with Crippen molar-refractivity contribution >= 4 is 43.2 Å². The minimum Gasteiger partial charge on any atom is -0.341 e. The van der Waals surface area contributed by atoms with E-state index in [1.807, 2.05) is 20.8 Å². The van der Waals surface area contributed by atoms with Crippen molar-refractivity contribution in [3.05, 3.63) is 28.8 Å². The lowest BCUT2D eigenvalue weighted by Gasteiger charge is -2.34. The van der Waals surface area contributed by atoms with Gasteiger partial charge in [-0.3, -0.25) is 9.59 Å².